The van der Waals surface area contributed by atoms with Gasteiger partial charge in [0.25, 0.3) is 0 Å². The molecule has 0 radical (unpaired) electrons. The van der Waals surface area contributed by atoms with Crippen molar-refractivity contribution in [1.82, 2.24) is 4.98 Å². The zero-order valence-corrected chi connectivity index (χ0v) is 12.1. The molecule has 108 valence electrons. The van der Waals surface area contributed by atoms with Crippen LogP contribution < -0.4 is 4.90 Å². The first kappa shape index (κ1) is 14.8. The van der Waals surface area contributed by atoms with Crippen LogP contribution in [0.2, 0.25) is 0 Å². The molecule has 0 unspecified atom stereocenters. The van der Waals surface area contributed by atoms with Gasteiger partial charge in [0.15, 0.2) is 0 Å². The van der Waals surface area contributed by atoms with Crippen LogP contribution in [0.4, 0.5) is 5.82 Å². The first-order valence-corrected chi connectivity index (χ1v) is 6.78. The van der Waals surface area contributed by atoms with Crippen LogP contribution in [0.1, 0.15) is 19.4 Å². The smallest absolute Gasteiger partial charge is 0.323 e. The topological polar surface area (TPSA) is 77.2 Å². The van der Waals surface area contributed by atoms with Crippen LogP contribution in [0.15, 0.2) is 30.3 Å². The predicted molar refractivity (Wildman–Crippen MR) is 81.1 cm³/mol. The first-order valence-electron chi connectivity index (χ1n) is 6.78. The van der Waals surface area contributed by atoms with Crippen molar-refractivity contribution in [3.8, 4) is 6.07 Å². The number of hydrogen-bond donors (Lipinski definition) is 1. The van der Waals surface area contributed by atoms with E-state index >= 15 is 0 Å². The molecule has 5 nitrogen and oxygen atoms in total. The minimum atomic E-state index is -0.913. The number of rotatable bonds is 5. The van der Waals surface area contributed by atoms with Crippen LogP contribution in [0.3, 0.4) is 0 Å². The molecule has 0 saturated heterocycles. The SMILES string of the molecule is CC(C)CN(CC(=O)O)c1cc(C#N)c2ccccc2n1. The van der Waals surface area contributed by atoms with Gasteiger partial charge in [0.05, 0.1) is 17.1 Å². The Labute approximate surface area is 123 Å². The molecule has 5 heteroatoms. The third-order valence-electron chi connectivity index (χ3n) is 3.06. The van der Waals surface area contributed by atoms with E-state index in [0.29, 0.717) is 29.4 Å². The molecule has 0 bridgehead atoms. The van der Waals surface area contributed by atoms with Gasteiger partial charge < -0.3 is 10.0 Å². The lowest BCUT2D eigenvalue weighted by Crippen LogP contribution is -2.33. The number of pyridine rings is 1. The summed E-state index contributed by atoms with van der Waals surface area (Å²) in [6.45, 7) is 4.47. The molecule has 0 atom stereocenters. The quantitative estimate of drug-likeness (QED) is 0.912. The zero-order chi connectivity index (χ0) is 15.4. The summed E-state index contributed by atoms with van der Waals surface area (Å²) in [6.07, 6.45) is 0. The number of nitriles is 1. The molecule has 0 aliphatic heterocycles. The van der Waals surface area contributed by atoms with E-state index in [2.05, 4.69) is 11.1 Å². The summed E-state index contributed by atoms with van der Waals surface area (Å²) in [6, 6.07) is 11.2. The molecule has 0 amide bonds. The highest BCUT2D eigenvalue weighted by Crippen LogP contribution is 2.23. The molecule has 0 aliphatic carbocycles. The van der Waals surface area contributed by atoms with Crippen molar-refractivity contribution >= 4 is 22.7 Å². The number of benzene rings is 1. The van der Waals surface area contributed by atoms with E-state index < -0.39 is 5.97 Å². The Morgan fingerprint density at radius 1 is 1.43 bits per heavy atom. The van der Waals surface area contributed by atoms with Crippen molar-refractivity contribution in [2.24, 2.45) is 5.92 Å². The molecule has 21 heavy (non-hydrogen) atoms. The van der Waals surface area contributed by atoms with E-state index in [1.807, 2.05) is 38.1 Å². The Morgan fingerprint density at radius 2 is 2.14 bits per heavy atom. The number of para-hydroxylation sites is 1. The van der Waals surface area contributed by atoms with E-state index in [1.165, 1.54) is 0 Å². The number of carboxylic acid groups (broad SMARTS) is 1. The monoisotopic (exact) mass is 283 g/mol. The fraction of sp³-hybridized carbons (Fsp3) is 0.312. The Kier molecular flexibility index (Phi) is 4.39. The molecule has 2 rings (SSSR count). The Balaban J connectivity index is 2.52. The van der Waals surface area contributed by atoms with E-state index in [4.69, 9.17) is 5.11 Å². The number of carbonyl (C=O) groups is 1. The van der Waals surface area contributed by atoms with E-state index in [1.54, 1.807) is 11.0 Å². The average molecular weight is 283 g/mol. The molecule has 1 aromatic heterocycles. The minimum absolute atomic E-state index is 0.131. The maximum absolute atomic E-state index is 11.0. The average Bonchev–Trinajstić information content (AvgIpc) is 2.44. The number of nitrogens with zero attached hydrogens (tertiary/aromatic N) is 3. The Morgan fingerprint density at radius 3 is 2.76 bits per heavy atom. The molecule has 1 N–H and O–H groups in total. The molecule has 0 fully saturated rings. The minimum Gasteiger partial charge on any atom is -0.480 e. The zero-order valence-electron chi connectivity index (χ0n) is 12.1. The van der Waals surface area contributed by atoms with Gasteiger partial charge in [-0.3, -0.25) is 4.79 Å². The van der Waals surface area contributed by atoms with Gasteiger partial charge in [-0.15, -0.1) is 0 Å². The highest BCUT2D eigenvalue weighted by molar-refractivity contribution is 5.87. The summed E-state index contributed by atoms with van der Waals surface area (Å²) in [5, 5.41) is 19.1. The molecular formula is C16H17N3O2. The van der Waals surface area contributed by atoms with Crippen molar-refractivity contribution in [1.29, 1.82) is 5.26 Å². The maximum Gasteiger partial charge on any atom is 0.323 e. The van der Waals surface area contributed by atoms with Crippen molar-refractivity contribution in [3.63, 3.8) is 0 Å². The van der Waals surface area contributed by atoms with Gasteiger partial charge in [-0.05, 0) is 18.1 Å². The van der Waals surface area contributed by atoms with Crippen LogP contribution in [-0.4, -0.2) is 29.1 Å². The van der Waals surface area contributed by atoms with Gasteiger partial charge in [-0.2, -0.15) is 5.26 Å². The molecular weight excluding hydrogens is 266 g/mol. The lowest BCUT2D eigenvalue weighted by atomic mass is 10.1. The van der Waals surface area contributed by atoms with Crippen LogP contribution in [-0.2, 0) is 4.79 Å². The molecule has 0 aliphatic rings. The number of anilines is 1. The van der Waals surface area contributed by atoms with Gasteiger partial charge in [0.2, 0.25) is 0 Å². The highest BCUT2D eigenvalue weighted by atomic mass is 16.4. The summed E-state index contributed by atoms with van der Waals surface area (Å²) in [5.74, 6) is -0.0892. The fourth-order valence-electron chi connectivity index (χ4n) is 2.26. The van der Waals surface area contributed by atoms with Crippen LogP contribution in [0.5, 0.6) is 0 Å². The Hall–Kier alpha value is -2.61. The van der Waals surface area contributed by atoms with Gasteiger partial charge in [0.1, 0.15) is 12.4 Å². The maximum atomic E-state index is 11.0. The van der Waals surface area contributed by atoms with Gasteiger partial charge >= 0.3 is 5.97 Å². The summed E-state index contributed by atoms with van der Waals surface area (Å²) < 4.78 is 0. The number of carboxylic acids is 1. The van der Waals surface area contributed by atoms with E-state index in [0.717, 1.165) is 5.39 Å². The van der Waals surface area contributed by atoms with Gasteiger partial charge in [-0.1, -0.05) is 32.0 Å². The summed E-state index contributed by atoms with van der Waals surface area (Å²) in [4.78, 5) is 17.2. The van der Waals surface area contributed by atoms with Gasteiger partial charge in [-0.25, -0.2) is 4.98 Å². The predicted octanol–water partition coefficient (Wildman–Crippen LogP) is 2.65. The Bertz CT molecular complexity index is 704. The summed E-state index contributed by atoms with van der Waals surface area (Å²) in [5.41, 5.74) is 1.21. The highest BCUT2D eigenvalue weighted by Gasteiger charge is 2.16. The van der Waals surface area contributed by atoms with Crippen molar-refractivity contribution in [3.05, 3.63) is 35.9 Å². The fourth-order valence-corrected chi connectivity index (χ4v) is 2.26. The second-order valence-electron chi connectivity index (χ2n) is 5.33. The number of aliphatic carboxylic acids is 1. The van der Waals surface area contributed by atoms with Crippen molar-refractivity contribution in [2.75, 3.05) is 18.0 Å². The van der Waals surface area contributed by atoms with E-state index in [9.17, 15) is 10.1 Å². The van der Waals surface area contributed by atoms with Crippen LogP contribution >= 0.6 is 0 Å². The number of fused-ring (bicyclic) bond motifs is 1. The lowest BCUT2D eigenvalue weighted by molar-refractivity contribution is -0.135. The summed E-state index contributed by atoms with van der Waals surface area (Å²) >= 11 is 0. The molecule has 2 aromatic rings. The standard InChI is InChI=1S/C16H17N3O2/c1-11(2)9-19(10-16(20)21)15-7-12(8-17)13-5-3-4-6-14(13)18-15/h3-7,11H,9-10H2,1-2H3,(H,20,21). The third kappa shape index (κ3) is 3.48. The second-order valence-corrected chi connectivity index (χ2v) is 5.33. The second kappa shape index (κ2) is 6.23. The molecule has 0 saturated carbocycles. The number of aromatic nitrogens is 1. The van der Waals surface area contributed by atoms with Gasteiger partial charge in [0, 0.05) is 11.9 Å². The van der Waals surface area contributed by atoms with Crippen LogP contribution in [0, 0.1) is 17.2 Å². The van der Waals surface area contributed by atoms with Crippen molar-refractivity contribution < 1.29 is 9.90 Å². The number of hydrogen-bond acceptors (Lipinski definition) is 4. The molecule has 1 aromatic carbocycles. The van der Waals surface area contributed by atoms with Crippen molar-refractivity contribution in [2.45, 2.75) is 13.8 Å². The third-order valence-corrected chi connectivity index (χ3v) is 3.06. The normalized spacial score (nSPS) is 10.6. The van der Waals surface area contributed by atoms with E-state index in [-0.39, 0.29) is 6.54 Å². The summed E-state index contributed by atoms with van der Waals surface area (Å²) in [7, 11) is 0. The first-order chi connectivity index (χ1) is 10.0. The molecule has 0 spiro atoms. The largest absolute Gasteiger partial charge is 0.480 e. The molecule has 1 heterocycles. The van der Waals surface area contributed by atoms with Crippen LogP contribution in [0.25, 0.3) is 10.9 Å². The lowest BCUT2D eigenvalue weighted by Gasteiger charge is -2.24.